The Hall–Kier alpha value is -2.48. The average Bonchev–Trinajstić information content (AvgIpc) is 2.66. The Morgan fingerprint density at radius 1 is 1.18 bits per heavy atom. The number of thioether (sulfide) groups is 1. The number of nitrogens with two attached hydrogens (primary N) is 1. The summed E-state index contributed by atoms with van der Waals surface area (Å²) in [6, 6.07) is 7.91. The molecule has 7 nitrogen and oxygen atoms in total. The summed E-state index contributed by atoms with van der Waals surface area (Å²) in [7, 11) is 0. The van der Waals surface area contributed by atoms with Crippen LogP contribution in [-0.2, 0) is 11.3 Å². The zero-order chi connectivity index (χ0) is 20.7. The number of benzene rings is 1. The predicted octanol–water partition coefficient (Wildman–Crippen LogP) is 2.76. The van der Waals surface area contributed by atoms with E-state index in [1.807, 2.05) is 45.0 Å². The van der Waals surface area contributed by atoms with E-state index in [4.69, 9.17) is 5.73 Å². The molecule has 2 rings (SSSR count). The quantitative estimate of drug-likeness (QED) is 0.626. The summed E-state index contributed by atoms with van der Waals surface area (Å²) < 4.78 is 1.32. The fraction of sp³-hybridized carbons (Fsp3) is 0.450. The van der Waals surface area contributed by atoms with E-state index >= 15 is 0 Å². The van der Waals surface area contributed by atoms with Gasteiger partial charge in [0.25, 0.3) is 5.56 Å². The zero-order valence-electron chi connectivity index (χ0n) is 16.7. The van der Waals surface area contributed by atoms with Gasteiger partial charge in [-0.1, -0.05) is 38.0 Å². The molecule has 1 amide bonds. The molecule has 0 bridgehead atoms. The Morgan fingerprint density at radius 2 is 1.86 bits per heavy atom. The van der Waals surface area contributed by atoms with E-state index in [0.717, 1.165) is 23.3 Å². The van der Waals surface area contributed by atoms with Crippen molar-refractivity contribution in [2.75, 3.05) is 22.9 Å². The standard InChI is InChI=1S/C20H28N4O3S/c1-4-6-12-23(16(25)13-28-15-9-7-14(3)8-10-15)17-18(21)24(11-5-2)20(27)22-19(17)26/h7-10H,4-6,11-13,21H2,1-3H3,(H,22,26,27). The molecule has 0 saturated heterocycles. The average molecular weight is 405 g/mol. The lowest BCUT2D eigenvalue weighted by Gasteiger charge is -2.24. The number of carbonyl (C=O) groups excluding carboxylic acids is 1. The molecule has 0 atom stereocenters. The van der Waals surface area contributed by atoms with Crippen molar-refractivity contribution in [1.29, 1.82) is 0 Å². The maximum absolute atomic E-state index is 13.0. The van der Waals surface area contributed by atoms with Gasteiger partial charge in [0.15, 0.2) is 5.69 Å². The molecule has 1 aromatic heterocycles. The smallest absolute Gasteiger partial charge is 0.330 e. The molecule has 2 aromatic rings. The Labute approximate surface area is 168 Å². The first kappa shape index (κ1) is 21.8. The van der Waals surface area contributed by atoms with Crippen LogP contribution >= 0.6 is 11.8 Å². The van der Waals surface area contributed by atoms with Gasteiger partial charge in [0.05, 0.1) is 5.75 Å². The van der Waals surface area contributed by atoms with Gasteiger partial charge in [0.1, 0.15) is 5.82 Å². The maximum Gasteiger partial charge on any atom is 0.330 e. The first-order valence-electron chi connectivity index (χ1n) is 9.51. The molecule has 152 valence electrons. The van der Waals surface area contributed by atoms with E-state index < -0.39 is 11.2 Å². The van der Waals surface area contributed by atoms with Crippen LogP contribution in [0.3, 0.4) is 0 Å². The van der Waals surface area contributed by atoms with E-state index in [9.17, 15) is 14.4 Å². The molecular weight excluding hydrogens is 376 g/mol. The molecule has 8 heteroatoms. The lowest BCUT2D eigenvalue weighted by molar-refractivity contribution is -0.116. The Kier molecular flexibility index (Phi) is 7.92. The topological polar surface area (TPSA) is 101 Å². The monoisotopic (exact) mass is 404 g/mol. The summed E-state index contributed by atoms with van der Waals surface area (Å²) in [5.41, 5.74) is 6.19. The minimum Gasteiger partial charge on any atom is -0.383 e. The highest BCUT2D eigenvalue weighted by Gasteiger charge is 2.23. The first-order chi connectivity index (χ1) is 13.4. The summed E-state index contributed by atoms with van der Waals surface area (Å²) in [5.74, 6) is 0.0109. The Morgan fingerprint density at radius 3 is 2.46 bits per heavy atom. The SMILES string of the molecule is CCCCN(C(=O)CSc1ccc(C)cc1)c1c(N)n(CCC)c(=O)[nH]c1=O. The number of amides is 1. The molecule has 28 heavy (non-hydrogen) atoms. The van der Waals surface area contributed by atoms with Gasteiger partial charge in [-0.05, 0) is 31.9 Å². The van der Waals surface area contributed by atoms with Crippen LogP contribution in [0.1, 0.15) is 38.7 Å². The molecule has 3 N–H and O–H groups in total. The molecule has 0 saturated carbocycles. The third-order valence-electron chi connectivity index (χ3n) is 4.35. The largest absolute Gasteiger partial charge is 0.383 e. The van der Waals surface area contributed by atoms with Gasteiger partial charge >= 0.3 is 5.69 Å². The number of aryl methyl sites for hydroxylation is 1. The molecule has 0 aliphatic heterocycles. The van der Waals surface area contributed by atoms with Gasteiger partial charge in [0, 0.05) is 18.0 Å². The van der Waals surface area contributed by atoms with Crippen molar-refractivity contribution in [1.82, 2.24) is 9.55 Å². The third kappa shape index (κ3) is 5.28. The Bertz CT molecular complexity index is 919. The van der Waals surface area contributed by atoms with E-state index in [2.05, 4.69) is 4.98 Å². The number of nitrogens with one attached hydrogen (secondary N) is 1. The predicted molar refractivity (Wildman–Crippen MR) is 115 cm³/mol. The second kappa shape index (κ2) is 10.2. The van der Waals surface area contributed by atoms with Gasteiger partial charge < -0.3 is 10.6 Å². The molecular formula is C20H28N4O3S. The number of anilines is 2. The minimum atomic E-state index is -0.625. The summed E-state index contributed by atoms with van der Waals surface area (Å²) in [5, 5.41) is 0. The number of nitrogens with zero attached hydrogens (tertiary/aromatic N) is 2. The van der Waals surface area contributed by atoms with Gasteiger partial charge in [-0.25, -0.2) is 4.79 Å². The maximum atomic E-state index is 13.0. The number of unbranched alkanes of at least 4 members (excludes halogenated alkanes) is 1. The van der Waals surface area contributed by atoms with Crippen LogP contribution in [0.5, 0.6) is 0 Å². The van der Waals surface area contributed by atoms with E-state index in [1.165, 1.54) is 21.2 Å². The van der Waals surface area contributed by atoms with Crippen LogP contribution in [0.4, 0.5) is 11.5 Å². The van der Waals surface area contributed by atoms with E-state index in [-0.39, 0.29) is 23.2 Å². The molecule has 0 spiro atoms. The minimum absolute atomic E-state index is 0.0420. The summed E-state index contributed by atoms with van der Waals surface area (Å²) in [4.78, 5) is 42.2. The molecule has 0 radical (unpaired) electrons. The van der Waals surface area contributed by atoms with Crippen molar-refractivity contribution >= 4 is 29.2 Å². The number of aromatic nitrogens is 2. The zero-order valence-corrected chi connectivity index (χ0v) is 17.5. The number of nitrogen functional groups attached to an aromatic ring is 1. The van der Waals surface area contributed by atoms with Crippen molar-refractivity contribution in [3.63, 3.8) is 0 Å². The number of aromatic amines is 1. The van der Waals surface area contributed by atoms with Crippen LogP contribution in [0.15, 0.2) is 38.8 Å². The van der Waals surface area contributed by atoms with Crippen LogP contribution < -0.4 is 21.9 Å². The van der Waals surface area contributed by atoms with Crippen molar-refractivity contribution in [3.05, 3.63) is 50.7 Å². The molecule has 0 aliphatic rings. The molecule has 1 aromatic carbocycles. The molecule has 0 aliphatic carbocycles. The molecule has 1 heterocycles. The van der Waals surface area contributed by atoms with Crippen molar-refractivity contribution in [2.24, 2.45) is 0 Å². The van der Waals surface area contributed by atoms with Crippen LogP contribution in [0.25, 0.3) is 0 Å². The van der Waals surface area contributed by atoms with Crippen LogP contribution in [-0.4, -0.2) is 27.8 Å². The van der Waals surface area contributed by atoms with Crippen LogP contribution in [0, 0.1) is 6.92 Å². The van der Waals surface area contributed by atoms with Gasteiger partial charge in [-0.2, -0.15) is 0 Å². The summed E-state index contributed by atoms with van der Waals surface area (Å²) in [6.07, 6.45) is 2.27. The highest BCUT2D eigenvalue weighted by atomic mass is 32.2. The fourth-order valence-electron chi connectivity index (χ4n) is 2.82. The Balaban J connectivity index is 2.33. The fourth-order valence-corrected chi connectivity index (χ4v) is 3.59. The van der Waals surface area contributed by atoms with Crippen molar-refractivity contribution in [3.8, 4) is 0 Å². The van der Waals surface area contributed by atoms with Gasteiger partial charge in [-0.3, -0.25) is 19.1 Å². The number of carbonyl (C=O) groups is 1. The van der Waals surface area contributed by atoms with Gasteiger partial charge in [-0.15, -0.1) is 11.8 Å². The van der Waals surface area contributed by atoms with E-state index in [0.29, 0.717) is 19.5 Å². The molecule has 0 unspecified atom stereocenters. The lowest BCUT2D eigenvalue weighted by atomic mass is 10.2. The number of H-pyrrole nitrogens is 1. The summed E-state index contributed by atoms with van der Waals surface area (Å²) in [6.45, 7) is 6.68. The summed E-state index contributed by atoms with van der Waals surface area (Å²) >= 11 is 1.41. The van der Waals surface area contributed by atoms with E-state index in [1.54, 1.807) is 0 Å². The second-order valence-corrected chi connectivity index (χ2v) is 7.69. The third-order valence-corrected chi connectivity index (χ3v) is 5.35. The number of hydrogen-bond donors (Lipinski definition) is 2. The van der Waals surface area contributed by atoms with Crippen LogP contribution in [0.2, 0.25) is 0 Å². The lowest BCUT2D eigenvalue weighted by Crippen LogP contribution is -2.42. The number of rotatable bonds is 9. The van der Waals surface area contributed by atoms with Crippen molar-refractivity contribution in [2.45, 2.75) is 51.5 Å². The van der Waals surface area contributed by atoms with Gasteiger partial charge in [0.2, 0.25) is 5.91 Å². The number of hydrogen-bond acceptors (Lipinski definition) is 5. The first-order valence-corrected chi connectivity index (χ1v) is 10.5. The molecule has 0 fully saturated rings. The normalized spacial score (nSPS) is 10.8. The van der Waals surface area contributed by atoms with Crippen molar-refractivity contribution < 1.29 is 4.79 Å². The highest BCUT2D eigenvalue weighted by Crippen LogP contribution is 2.22. The highest BCUT2D eigenvalue weighted by molar-refractivity contribution is 8.00. The second-order valence-electron chi connectivity index (χ2n) is 6.65.